The van der Waals surface area contributed by atoms with Crippen LogP contribution in [-0.2, 0) is 30.1 Å². The van der Waals surface area contributed by atoms with E-state index < -0.39 is 5.41 Å². The van der Waals surface area contributed by atoms with Crippen LogP contribution in [0.15, 0.2) is 247 Å². The largest absolute Gasteiger partial charge is 0.455 e. The molecule has 77 heavy (non-hydrogen) atoms. The van der Waals surface area contributed by atoms with Crippen LogP contribution in [0.4, 0.5) is 0 Å². The fourth-order valence-corrected chi connectivity index (χ4v) is 15.2. The summed E-state index contributed by atoms with van der Waals surface area (Å²) in [5.41, 5.74) is 31.5. The van der Waals surface area contributed by atoms with E-state index in [2.05, 4.69) is 257 Å². The predicted molar refractivity (Wildman–Crippen MR) is 318 cm³/mol. The molecule has 1 nitrogen and oxygen atoms in total. The molecule has 0 bridgehead atoms. The molecule has 1 heteroatoms. The van der Waals surface area contributed by atoms with E-state index in [0.29, 0.717) is 5.92 Å². The SMILES string of the molecule is CC1(C)c2ccccc2-c2ccc(CC(Cc3ccc4c(c3)C3(c5ccccc5-c5ccccc53)c3c(CCC5c6ccccc6-c6ccccc65)cccc3-4)c3cccc(-c4cccc5c4oc4ccccc45)c3)cc21. The lowest BCUT2D eigenvalue weighted by Gasteiger charge is -2.33. The normalized spacial score (nSPS) is 14.9. The number of benzene rings is 11. The third-order valence-electron chi connectivity index (χ3n) is 18.6. The van der Waals surface area contributed by atoms with Gasteiger partial charge in [-0.25, -0.2) is 0 Å². The predicted octanol–water partition coefficient (Wildman–Crippen LogP) is 19.2. The molecule has 4 aliphatic rings. The highest BCUT2D eigenvalue weighted by Crippen LogP contribution is 2.64. The van der Waals surface area contributed by atoms with Crippen LogP contribution < -0.4 is 0 Å². The van der Waals surface area contributed by atoms with E-state index in [0.717, 1.165) is 53.2 Å². The van der Waals surface area contributed by atoms with E-state index in [4.69, 9.17) is 4.42 Å². The fraction of sp³-hybridized carbons (Fsp3) is 0.132. The van der Waals surface area contributed by atoms with Gasteiger partial charge in [0.05, 0.1) is 5.41 Å². The van der Waals surface area contributed by atoms with Gasteiger partial charge in [0.15, 0.2) is 0 Å². The van der Waals surface area contributed by atoms with Crippen LogP contribution in [0.25, 0.3) is 77.6 Å². The minimum atomic E-state index is -0.461. The molecule has 1 heterocycles. The molecule has 0 N–H and O–H groups in total. The standard InChI is InChI=1S/C76H56O/c1-75(2)67-32-11-7-25-59(67)62-39-36-47(44-70(62)75)42-52(50-19-15-20-51(46-50)53-29-17-31-66-64-28-10-14-35-72(64)77-74(53)66)43-48-37-40-63-65-30-16-18-49(38-41-58-56-23-5-3-21-54(56)55-22-4-6-24-57(55)58)73(65)76(71(63)45-48)68-33-12-8-26-60(68)61-27-9-13-34-69(61)76/h3-37,39-40,44-46,52,58H,38,41-43H2,1-2H3. The lowest BCUT2D eigenvalue weighted by molar-refractivity contribution is 0.651. The highest BCUT2D eigenvalue weighted by atomic mass is 16.3. The van der Waals surface area contributed by atoms with Crippen molar-refractivity contribution in [1.82, 2.24) is 0 Å². The molecule has 0 amide bonds. The maximum Gasteiger partial charge on any atom is 0.143 e. The van der Waals surface area contributed by atoms with Crippen LogP contribution in [0.2, 0.25) is 0 Å². The average Bonchev–Trinajstić information content (AvgIpc) is 4.14. The zero-order valence-electron chi connectivity index (χ0n) is 43.5. The highest BCUT2D eigenvalue weighted by Gasteiger charge is 2.53. The average molecular weight is 985 g/mol. The van der Waals surface area contributed by atoms with E-state index in [9.17, 15) is 0 Å². The first-order valence-electron chi connectivity index (χ1n) is 27.8. The molecule has 1 unspecified atom stereocenters. The number of furan rings is 1. The first-order chi connectivity index (χ1) is 37.9. The van der Waals surface area contributed by atoms with Gasteiger partial charge in [-0.2, -0.15) is 0 Å². The first kappa shape index (κ1) is 44.5. The van der Waals surface area contributed by atoms with Gasteiger partial charge >= 0.3 is 0 Å². The molecule has 1 atom stereocenters. The summed E-state index contributed by atoms with van der Waals surface area (Å²) in [5, 5.41) is 2.31. The Morgan fingerprint density at radius 2 is 0.922 bits per heavy atom. The van der Waals surface area contributed by atoms with Crippen molar-refractivity contribution < 1.29 is 4.42 Å². The molecule has 16 rings (SSSR count). The van der Waals surface area contributed by atoms with Gasteiger partial charge in [-0.1, -0.05) is 250 Å². The van der Waals surface area contributed by atoms with Crippen LogP contribution >= 0.6 is 0 Å². The minimum absolute atomic E-state index is 0.0787. The Hall–Kier alpha value is -8.78. The summed E-state index contributed by atoms with van der Waals surface area (Å²) < 4.78 is 6.66. The molecule has 0 saturated heterocycles. The Morgan fingerprint density at radius 3 is 1.64 bits per heavy atom. The summed E-state index contributed by atoms with van der Waals surface area (Å²) in [6, 6.07) is 92.4. The molecular weight excluding hydrogens is 929 g/mol. The van der Waals surface area contributed by atoms with Crippen LogP contribution in [0.5, 0.6) is 0 Å². The molecule has 1 spiro atoms. The summed E-state index contributed by atoms with van der Waals surface area (Å²) in [5.74, 6) is 0.533. The molecule has 0 aliphatic heterocycles. The van der Waals surface area contributed by atoms with Crippen molar-refractivity contribution in [2.75, 3.05) is 0 Å². The van der Waals surface area contributed by atoms with Crippen molar-refractivity contribution in [3.63, 3.8) is 0 Å². The number of hydrogen-bond acceptors (Lipinski definition) is 1. The van der Waals surface area contributed by atoms with Crippen LogP contribution in [0.1, 0.15) is 98.9 Å². The second-order valence-corrected chi connectivity index (χ2v) is 22.9. The minimum Gasteiger partial charge on any atom is -0.455 e. The Kier molecular flexibility index (Phi) is 9.75. The van der Waals surface area contributed by atoms with Gasteiger partial charge in [0.2, 0.25) is 0 Å². The number of fused-ring (bicyclic) bond motifs is 19. The summed E-state index contributed by atoms with van der Waals surface area (Å²) in [4.78, 5) is 0. The third-order valence-corrected chi connectivity index (χ3v) is 18.6. The lowest BCUT2D eigenvalue weighted by atomic mass is 9.68. The van der Waals surface area contributed by atoms with Crippen molar-refractivity contribution in [1.29, 1.82) is 0 Å². The van der Waals surface area contributed by atoms with E-state index in [1.165, 1.54) is 117 Å². The molecule has 0 radical (unpaired) electrons. The maximum atomic E-state index is 6.66. The summed E-state index contributed by atoms with van der Waals surface area (Å²) in [6.45, 7) is 4.80. The van der Waals surface area contributed by atoms with Crippen molar-refractivity contribution in [2.24, 2.45) is 0 Å². The zero-order chi connectivity index (χ0) is 51.0. The Bertz CT molecular complexity index is 4310. The van der Waals surface area contributed by atoms with Crippen LogP contribution in [-0.4, -0.2) is 0 Å². The van der Waals surface area contributed by atoms with Crippen molar-refractivity contribution in [3.8, 4) is 55.6 Å². The molecular formula is C76H56O. The summed E-state index contributed by atoms with van der Waals surface area (Å²) in [6.07, 6.45) is 3.81. The molecule has 366 valence electrons. The van der Waals surface area contributed by atoms with Gasteiger partial charge in [-0.05, 0) is 155 Å². The number of para-hydroxylation sites is 2. The van der Waals surface area contributed by atoms with Crippen molar-refractivity contribution in [3.05, 3.63) is 309 Å². The van der Waals surface area contributed by atoms with E-state index in [-0.39, 0.29) is 11.3 Å². The Labute approximate surface area is 451 Å². The topological polar surface area (TPSA) is 13.1 Å². The monoisotopic (exact) mass is 984 g/mol. The summed E-state index contributed by atoms with van der Waals surface area (Å²) in [7, 11) is 0. The Balaban J connectivity index is 0.838. The van der Waals surface area contributed by atoms with E-state index >= 15 is 0 Å². The smallest absolute Gasteiger partial charge is 0.143 e. The lowest BCUT2D eigenvalue weighted by Crippen LogP contribution is -2.27. The van der Waals surface area contributed by atoms with Crippen molar-refractivity contribution >= 4 is 21.9 Å². The first-order valence-corrected chi connectivity index (χ1v) is 27.8. The molecule has 11 aromatic carbocycles. The Morgan fingerprint density at radius 1 is 0.403 bits per heavy atom. The van der Waals surface area contributed by atoms with Gasteiger partial charge in [0, 0.05) is 27.7 Å². The molecule has 12 aromatic rings. The van der Waals surface area contributed by atoms with Gasteiger partial charge in [-0.3, -0.25) is 0 Å². The maximum absolute atomic E-state index is 6.66. The van der Waals surface area contributed by atoms with Crippen LogP contribution in [0.3, 0.4) is 0 Å². The second kappa shape index (κ2) is 16.9. The van der Waals surface area contributed by atoms with E-state index in [1.807, 2.05) is 0 Å². The van der Waals surface area contributed by atoms with Gasteiger partial charge in [0.25, 0.3) is 0 Å². The molecule has 0 saturated carbocycles. The highest BCUT2D eigenvalue weighted by molar-refractivity contribution is 6.09. The second-order valence-electron chi connectivity index (χ2n) is 22.9. The molecule has 0 fully saturated rings. The van der Waals surface area contributed by atoms with Crippen LogP contribution in [0, 0.1) is 0 Å². The fourth-order valence-electron chi connectivity index (χ4n) is 15.2. The molecule has 4 aliphatic carbocycles. The molecule has 1 aromatic heterocycles. The third kappa shape index (κ3) is 6.47. The number of hydrogen-bond donors (Lipinski definition) is 0. The number of rotatable bonds is 9. The zero-order valence-corrected chi connectivity index (χ0v) is 43.5. The van der Waals surface area contributed by atoms with Gasteiger partial charge in [0.1, 0.15) is 11.2 Å². The quantitative estimate of drug-likeness (QED) is 0.140. The number of aryl methyl sites for hydroxylation is 1. The van der Waals surface area contributed by atoms with Crippen molar-refractivity contribution in [2.45, 2.75) is 62.2 Å². The van der Waals surface area contributed by atoms with Gasteiger partial charge < -0.3 is 4.42 Å². The van der Waals surface area contributed by atoms with E-state index in [1.54, 1.807) is 0 Å². The van der Waals surface area contributed by atoms with Gasteiger partial charge in [-0.15, -0.1) is 0 Å². The summed E-state index contributed by atoms with van der Waals surface area (Å²) >= 11 is 0.